The van der Waals surface area contributed by atoms with Gasteiger partial charge in [0.05, 0.1) is 4.92 Å². The molecule has 0 atom stereocenters. The van der Waals surface area contributed by atoms with Crippen molar-refractivity contribution in [1.82, 2.24) is 15.2 Å². The summed E-state index contributed by atoms with van der Waals surface area (Å²) in [6, 6.07) is 2.71. The highest BCUT2D eigenvalue weighted by atomic mass is 32.2. The Hall–Kier alpha value is -2.10. The fourth-order valence-corrected chi connectivity index (χ4v) is 2.16. The van der Waals surface area contributed by atoms with Crippen molar-refractivity contribution in [2.75, 3.05) is 5.75 Å². The summed E-state index contributed by atoms with van der Waals surface area (Å²) < 4.78 is 38.6. The lowest BCUT2D eigenvalue weighted by Gasteiger charge is -2.08. The van der Waals surface area contributed by atoms with E-state index < -0.39 is 22.4 Å². The minimum atomic E-state index is -4.82. The molecule has 1 aromatic heterocycles. The van der Waals surface area contributed by atoms with Gasteiger partial charge in [-0.05, 0) is 17.9 Å². The van der Waals surface area contributed by atoms with E-state index in [1.54, 1.807) is 0 Å². The summed E-state index contributed by atoms with van der Waals surface area (Å²) in [4.78, 5) is 13.6. The third kappa shape index (κ3) is 3.32. The van der Waals surface area contributed by atoms with Crippen molar-refractivity contribution in [3.05, 3.63) is 33.9 Å². The van der Waals surface area contributed by atoms with E-state index in [4.69, 9.17) is 0 Å². The molecule has 0 unspecified atom stereocenters. The zero-order valence-electron chi connectivity index (χ0n) is 10.6. The van der Waals surface area contributed by atoms with Crippen LogP contribution in [0.2, 0.25) is 0 Å². The number of hydrogen-bond donors (Lipinski definition) is 1. The fraction of sp³-hybridized carbons (Fsp3) is 0.273. The highest BCUT2D eigenvalue weighted by Gasteiger charge is 2.38. The summed E-state index contributed by atoms with van der Waals surface area (Å²) in [6.07, 6.45) is -4.82. The Kier molecular flexibility index (Phi) is 4.16. The van der Waals surface area contributed by atoms with E-state index in [0.29, 0.717) is 17.0 Å². The minimum Gasteiger partial charge on any atom is -0.258 e. The van der Waals surface area contributed by atoms with Gasteiger partial charge >= 0.3 is 6.18 Å². The Bertz CT molecular complexity index is 672. The van der Waals surface area contributed by atoms with Crippen LogP contribution in [-0.4, -0.2) is 25.9 Å². The molecule has 0 saturated carbocycles. The van der Waals surface area contributed by atoms with Gasteiger partial charge in [0.1, 0.15) is 5.56 Å². The van der Waals surface area contributed by atoms with Crippen LogP contribution < -0.4 is 0 Å². The summed E-state index contributed by atoms with van der Waals surface area (Å²) in [6.45, 7) is 1.88. The van der Waals surface area contributed by atoms with Crippen molar-refractivity contribution in [2.24, 2.45) is 0 Å². The molecule has 0 saturated heterocycles. The average Bonchev–Trinajstić information content (AvgIpc) is 2.86. The summed E-state index contributed by atoms with van der Waals surface area (Å²) in [5.74, 6) is 0.845. The Labute approximate surface area is 120 Å². The van der Waals surface area contributed by atoms with Gasteiger partial charge in [-0.25, -0.2) is 4.98 Å². The number of halogens is 3. The number of aromatic nitrogens is 3. The van der Waals surface area contributed by atoms with E-state index >= 15 is 0 Å². The second kappa shape index (κ2) is 5.72. The molecule has 0 spiro atoms. The lowest BCUT2D eigenvalue weighted by Crippen LogP contribution is -2.09. The normalized spacial score (nSPS) is 11.6. The Morgan fingerprint density at radius 3 is 2.71 bits per heavy atom. The lowest BCUT2D eigenvalue weighted by molar-refractivity contribution is -0.388. The molecule has 6 nitrogen and oxygen atoms in total. The molecule has 112 valence electrons. The first kappa shape index (κ1) is 15.3. The first-order valence-electron chi connectivity index (χ1n) is 5.74. The number of alkyl halides is 3. The predicted octanol–water partition coefficient (Wildman–Crippen LogP) is 3.51. The van der Waals surface area contributed by atoms with Crippen LogP contribution in [0, 0.1) is 10.1 Å². The second-order valence-electron chi connectivity index (χ2n) is 3.89. The van der Waals surface area contributed by atoms with Gasteiger partial charge in [-0.3, -0.25) is 15.2 Å². The van der Waals surface area contributed by atoms with Gasteiger partial charge in [-0.2, -0.15) is 13.2 Å². The SMILES string of the molecule is CCSc1n[nH]c(-c2ccc([N+](=O)[O-])c(C(F)(F)F)c2)n1. The van der Waals surface area contributed by atoms with E-state index in [9.17, 15) is 23.3 Å². The van der Waals surface area contributed by atoms with Crippen molar-refractivity contribution in [2.45, 2.75) is 18.3 Å². The first-order chi connectivity index (χ1) is 9.82. The monoisotopic (exact) mass is 318 g/mol. The average molecular weight is 318 g/mol. The van der Waals surface area contributed by atoms with Gasteiger partial charge in [-0.15, -0.1) is 5.10 Å². The zero-order valence-corrected chi connectivity index (χ0v) is 11.5. The first-order valence-corrected chi connectivity index (χ1v) is 6.72. The van der Waals surface area contributed by atoms with Crippen LogP contribution in [0.5, 0.6) is 0 Å². The molecular formula is C11H9F3N4O2S. The second-order valence-corrected chi connectivity index (χ2v) is 5.12. The number of hydrogen-bond acceptors (Lipinski definition) is 5. The Morgan fingerprint density at radius 2 is 2.14 bits per heavy atom. The van der Waals surface area contributed by atoms with Crippen LogP contribution in [0.4, 0.5) is 18.9 Å². The van der Waals surface area contributed by atoms with E-state index in [1.807, 2.05) is 6.92 Å². The van der Waals surface area contributed by atoms with Crippen LogP contribution in [0.1, 0.15) is 12.5 Å². The number of rotatable bonds is 4. The van der Waals surface area contributed by atoms with Gasteiger partial charge < -0.3 is 0 Å². The Balaban J connectivity index is 2.48. The molecule has 0 aliphatic carbocycles. The van der Waals surface area contributed by atoms with Crippen molar-refractivity contribution in [3.8, 4) is 11.4 Å². The third-order valence-electron chi connectivity index (χ3n) is 2.51. The van der Waals surface area contributed by atoms with Crippen LogP contribution in [-0.2, 0) is 6.18 Å². The molecule has 0 fully saturated rings. The van der Waals surface area contributed by atoms with Gasteiger partial charge in [0.2, 0.25) is 5.16 Å². The van der Waals surface area contributed by atoms with E-state index in [2.05, 4.69) is 15.2 Å². The largest absolute Gasteiger partial charge is 0.423 e. The van der Waals surface area contributed by atoms with Gasteiger partial charge in [-0.1, -0.05) is 18.7 Å². The molecule has 0 aliphatic heterocycles. The number of nitro benzene ring substituents is 1. The van der Waals surface area contributed by atoms with Crippen LogP contribution in [0.25, 0.3) is 11.4 Å². The summed E-state index contributed by atoms with van der Waals surface area (Å²) in [5.41, 5.74) is -2.22. The minimum absolute atomic E-state index is 0.0865. The van der Waals surface area contributed by atoms with E-state index in [0.717, 1.165) is 6.07 Å². The van der Waals surface area contributed by atoms with E-state index in [1.165, 1.54) is 17.8 Å². The summed E-state index contributed by atoms with van der Waals surface area (Å²) in [5, 5.41) is 17.4. The molecule has 1 aromatic carbocycles. The molecule has 2 rings (SSSR count). The molecule has 21 heavy (non-hydrogen) atoms. The van der Waals surface area contributed by atoms with Gasteiger partial charge in [0.15, 0.2) is 5.82 Å². The lowest BCUT2D eigenvalue weighted by atomic mass is 10.1. The summed E-state index contributed by atoms with van der Waals surface area (Å²) >= 11 is 1.32. The molecular weight excluding hydrogens is 309 g/mol. The molecule has 0 bridgehead atoms. The predicted molar refractivity (Wildman–Crippen MR) is 69.9 cm³/mol. The molecule has 10 heteroatoms. The topological polar surface area (TPSA) is 84.7 Å². The molecule has 0 amide bonds. The maximum atomic E-state index is 12.9. The molecule has 2 aromatic rings. The third-order valence-corrected chi connectivity index (χ3v) is 3.24. The number of nitro groups is 1. The fourth-order valence-electron chi connectivity index (χ4n) is 1.64. The molecule has 1 N–H and O–H groups in total. The van der Waals surface area contributed by atoms with E-state index in [-0.39, 0.29) is 11.4 Å². The van der Waals surface area contributed by atoms with Crippen molar-refractivity contribution in [3.63, 3.8) is 0 Å². The smallest absolute Gasteiger partial charge is 0.258 e. The Morgan fingerprint density at radius 1 is 1.43 bits per heavy atom. The number of nitrogens with zero attached hydrogens (tertiary/aromatic N) is 3. The highest BCUT2D eigenvalue weighted by Crippen LogP contribution is 2.38. The van der Waals surface area contributed by atoms with Gasteiger partial charge in [0, 0.05) is 11.6 Å². The quantitative estimate of drug-likeness (QED) is 0.530. The number of thioether (sulfide) groups is 1. The van der Waals surface area contributed by atoms with Gasteiger partial charge in [0.25, 0.3) is 5.69 Å². The van der Waals surface area contributed by atoms with Crippen LogP contribution in [0.3, 0.4) is 0 Å². The van der Waals surface area contributed by atoms with Crippen molar-refractivity contribution in [1.29, 1.82) is 0 Å². The molecule has 0 aliphatic rings. The highest BCUT2D eigenvalue weighted by molar-refractivity contribution is 7.99. The number of nitrogens with one attached hydrogen (secondary N) is 1. The molecule has 0 radical (unpaired) electrons. The maximum Gasteiger partial charge on any atom is 0.423 e. The van der Waals surface area contributed by atoms with Crippen molar-refractivity contribution < 1.29 is 18.1 Å². The van der Waals surface area contributed by atoms with Crippen molar-refractivity contribution >= 4 is 17.4 Å². The molecule has 1 heterocycles. The van der Waals surface area contributed by atoms with Crippen LogP contribution in [0.15, 0.2) is 23.4 Å². The summed E-state index contributed by atoms with van der Waals surface area (Å²) in [7, 11) is 0. The maximum absolute atomic E-state index is 12.9. The number of aromatic amines is 1. The number of benzene rings is 1. The standard InChI is InChI=1S/C11H9F3N4O2S/c1-2-21-10-15-9(16-17-10)6-3-4-8(18(19)20)7(5-6)11(12,13)14/h3-5H,2H2,1H3,(H,15,16,17). The zero-order chi connectivity index (χ0) is 15.6. The number of H-pyrrole nitrogens is 1. The van der Waals surface area contributed by atoms with Crippen LogP contribution >= 0.6 is 11.8 Å².